The highest BCUT2D eigenvalue weighted by molar-refractivity contribution is 7.09. The van der Waals surface area contributed by atoms with E-state index in [1.54, 1.807) is 17.5 Å². The van der Waals surface area contributed by atoms with Gasteiger partial charge in [-0.1, -0.05) is 18.2 Å². The predicted molar refractivity (Wildman–Crippen MR) is 65.5 cm³/mol. The van der Waals surface area contributed by atoms with E-state index in [-0.39, 0.29) is 0 Å². The van der Waals surface area contributed by atoms with E-state index >= 15 is 0 Å². The fraction of sp³-hybridized carbons (Fsp3) is 0.250. The Morgan fingerprint density at radius 1 is 1.38 bits per heavy atom. The van der Waals surface area contributed by atoms with E-state index in [1.807, 2.05) is 30.5 Å². The maximum Gasteiger partial charge on any atom is 0.122 e. The molecule has 0 unspecified atom stereocenters. The molecule has 3 nitrogen and oxygen atoms in total. The van der Waals surface area contributed by atoms with Crippen molar-refractivity contribution < 1.29 is 5.11 Å². The van der Waals surface area contributed by atoms with Crippen LogP contribution in [-0.2, 0) is 13.1 Å². The first kappa shape index (κ1) is 11.1. The minimum atomic E-state index is 0.383. The molecule has 0 aliphatic heterocycles. The highest BCUT2D eigenvalue weighted by Crippen LogP contribution is 2.21. The first-order chi connectivity index (χ1) is 7.77. The second-order valence-electron chi connectivity index (χ2n) is 3.61. The summed E-state index contributed by atoms with van der Waals surface area (Å²) in [5.41, 5.74) is 1.84. The summed E-state index contributed by atoms with van der Waals surface area (Å²) in [4.78, 5) is 4.18. The molecule has 0 saturated heterocycles. The molecule has 16 heavy (non-hydrogen) atoms. The number of para-hydroxylation sites is 1. The van der Waals surface area contributed by atoms with Gasteiger partial charge in [0.05, 0.1) is 0 Å². The highest BCUT2D eigenvalue weighted by atomic mass is 32.1. The van der Waals surface area contributed by atoms with Gasteiger partial charge in [-0.2, -0.15) is 0 Å². The summed E-state index contributed by atoms with van der Waals surface area (Å²) < 4.78 is 0. The van der Waals surface area contributed by atoms with Gasteiger partial charge in [-0.15, -0.1) is 11.3 Å². The van der Waals surface area contributed by atoms with Crippen LogP contribution in [0, 0.1) is 6.92 Å². The molecule has 1 heterocycles. The third-order valence-corrected chi connectivity index (χ3v) is 3.18. The molecular weight excluding hydrogens is 220 g/mol. The van der Waals surface area contributed by atoms with Crippen molar-refractivity contribution in [3.05, 3.63) is 45.9 Å². The molecule has 2 rings (SSSR count). The van der Waals surface area contributed by atoms with Gasteiger partial charge in [-0.05, 0) is 12.5 Å². The number of hydrogen-bond acceptors (Lipinski definition) is 4. The van der Waals surface area contributed by atoms with Gasteiger partial charge < -0.3 is 10.4 Å². The summed E-state index contributed by atoms with van der Waals surface area (Å²) in [6.07, 6.45) is 1.80. The van der Waals surface area contributed by atoms with Gasteiger partial charge in [0, 0.05) is 30.2 Å². The molecule has 0 radical (unpaired) electrons. The maximum atomic E-state index is 9.80. The summed E-state index contributed by atoms with van der Waals surface area (Å²) in [5.74, 6) is 0.383. The predicted octanol–water partition coefficient (Wildman–Crippen LogP) is 2.45. The van der Waals surface area contributed by atoms with E-state index in [9.17, 15) is 5.11 Å². The molecule has 0 aliphatic carbocycles. The number of nitrogens with zero attached hydrogens (tertiary/aromatic N) is 1. The van der Waals surface area contributed by atoms with Crippen LogP contribution in [0.15, 0.2) is 29.8 Å². The zero-order chi connectivity index (χ0) is 11.4. The Balaban J connectivity index is 1.92. The second-order valence-corrected chi connectivity index (χ2v) is 4.59. The normalized spacial score (nSPS) is 10.6. The molecule has 0 saturated carbocycles. The van der Waals surface area contributed by atoms with Crippen molar-refractivity contribution >= 4 is 11.3 Å². The van der Waals surface area contributed by atoms with E-state index in [4.69, 9.17) is 0 Å². The van der Waals surface area contributed by atoms with E-state index < -0.39 is 0 Å². The number of nitrogens with one attached hydrogen (secondary N) is 1. The Labute approximate surface area is 98.8 Å². The molecule has 0 spiro atoms. The number of aromatic hydroxyl groups is 1. The van der Waals surface area contributed by atoms with E-state index in [1.165, 1.54) is 0 Å². The summed E-state index contributed by atoms with van der Waals surface area (Å²) in [6, 6.07) is 5.78. The Morgan fingerprint density at radius 2 is 2.25 bits per heavy atom. The summed E-state index contributed by atoms with van der Waals surface area (Å²) in [6.45, 7) is 3.30. The number of rotatable bonds is 4. The lowest BCUT2D eigenvalue weighted by Gasteiger charge is -2.07. The Hall–Kier alpha value is -1.39. The lowest BCUT2D eigenvalue weighted by atomic mass is 10.1. The number of phenols is 1. The highest BCUT2D eigenvalue weighted by Gasteiger charge is 2.03. The van der Waals surface area contributed by atoms with Gasteiger partial charge in [0.2, 0.25) is 0 Å². The monoisotopic (exact) mass is 234 g/mol. The van der Waals surface area contributed by atoms with Crippen LogP contribution in [0.25, 0.3) is 0 Å². The van der Waals surface area contributed by atoms with E-state index in [2.05, 4.69) is 10.3 Å². The maximum absolute atomic E-state index is 9.80. The number of aromatic nitrogens is 1. The minimum Gasteiger partial charge on any atom is -0.507 e. The van der Waals surface area contributed by atoms with Crippen LogP contribution in [0.5, 0.6) is 5.75 Å². The topological polar surface area (TPSA) is 45.2 Å². The Bertz CT molecular complexity index is 454. The minimum absolute atomic E-state index is 0.383. The molecule has 2 N–H and O–H groups in total. The average Bonchev–Trinajstić information content (AvgIpc) is 2.77. The van der Waals surface area contributed by atoms with Crippen LogP contribution >= 0.6 is 11.3 Å². The number of hydrogen-bond donors (Lipinski definition) is 2. The summed E-state index contributed by atoms with van der Waals surface area (Å²) in [7, 11) is 0. The quantitative estimate of drug-likeness (QED) is 0.854. The number of phenolic OH excluding ortho intramolecular Hbond substituents is 1. The molecule has 1 aromatic heterocycles. The first-order valence-electron chi connectivity index (χ1n) is 5.14. The van der Waals surface area contributed by atoms with Crippen molar-refractivity contribution in [1.29, 1.82) is 0 Å². The van der Waals surface area contributed by atoms with Gasteiger partial charge in [0.25, 0.3) is 0 Å². The van der Waals surface area contributed by atoms with Gasteiger partial charge >= 0.3 is 0 Å². The molecule has 0 aliphatic rings. The van der Waals surface area contributed by atoms with Crippen LogP contribution in [0.2, 0.25) is 0 Å². The fourth-order valence-corrected chi connectivity index (χ4v) is 2.09. The summed E-state index contributed by atoms with van der Waals surface area (Å²) >= 11 is 1.63. The molecule has 4 heteroatoms. The largest absolute Gasteiger partial charge is 0.507 e. The molecule has 84 valence electrons. The van der Waals surface area contributed by atoms with Crippen molar-refractivity contribution in [2.24, 2.45) is 0 Å². The van der Waals surface area contributed by atoms with Crippen molar-refractivity contribution in [2.45, 2.75) is 20.0 Å². The van der Waals surface area contributed by atoms with Crippen LogP contribution in [0.3, 0.4) is 0 Å². The lowest BCUT2D eigenvalue weighted by molar-refractivity contribution is 0.460. The van der Waals surface area contributed by atoms with E-state index in [0.29, 0.717) is 12.3 Å². The molecular formula is C12H14N2OS. The van der Waals surface area contributed by atoms with Crippen molar-refractivity contribution in [3.8, 4) is 5.75 Å². The molecule has 0 atom stereocenters. The van der Waals surface area contributed by atoms with Crippen LogP contribution in [-0.4, -0.2) is 10.1 Å². The zero-order valence-corrected chi connectivity index (χ0v) is 9.92. The summed E-state index contributed by atoms with van der Waals surface area (Å²) in [5, 5.41) is 16.1. The van der Waals surface area contributed by atoms with E-state index in [0.717, 1.165) is 22.7 Å². The SMILES string of the molecule is Cc1cccc(CNCc2nccs2)c1O. The molecule has 0 fully saturated rings. The van der Waals surface area contributed by atoms with Crippen molar-refractivity contribution in [1.82, 2.24) is 10.3 Å². The second kappa shape index (κ2) is 5.09. The number of thiazole rings is 1. The van der Waals surface area contributed by atoms with Crippen LogP contribution < -0.4 is 5.32 Å². The molecule has 0 bridgehead atoms. The van der Waals surface area contributed by atoms with Gasteiger partial charge in [-0.25, -0.2) is 4.98 Å². The van der Waals surface area contributed by atoms with Crippen LogP contribution in [0.4, 0.5) is 0 Å². The number of benzene rings is 1. The Morgan fingerprint density at radius 3 is 3.00 bits per heavy atom. The smallest absolute Gasteiger partial charge is 0.122 e. The number of aryl methyl sites for hydroxylation is 1. The van der Waals surface area contributed by atoms with Crippen LogP contribution in [0.1, 0.15) is 16.1 Å². The van der Waals surface area contributed by atoms with Gasteiger partial charge in [-0.3, -0.25) is 0 Å². The molecule has 1 aromatic carbocycles. The zero-order valence-electron chi connectivity index (χ0n) is 9.10. The molecule has 0 amide bonds. The van der Waals surface area contributed by atoms with Crippen molar-refractivity contribution in [3.63, 3.8) is 0 Å². The molecule has 2 aromatic rings. The fourth-order valence-electron chi connectivity index (χ4n) is 1.51. The van der Waals surface area contributed by atoms with Gasteiger partial charge in [0.1, 0.15) is 10.8 Å². The van der Waals surface area contributed by atoms with Gasteiger partial charge in [0.15, 0.2) is 0 Å². The standard InChI is InChI=1S/C12H14N2OS/c1-9-3-2-4-10(12(9)15)7-13-8-11-14-5-6-16-11/h2-6,13,15H,7-8H2,1H3. The Kier molecular flexibility index (Phi) is 3.54. The third kappa shape index (κ3) is 2.59. The first-order valence-corrected chi connectivity index (χ1v) is 6.02. The third-order valence-electron chi connectivity index (χ3n) is 2.40. The average molecular weight is 234 g/mol. The lowest BCUT2D eigenvalue weighted by Crippen LogP contribution is -2.12. The van der Waals surface area contributed by atoms with Crippen molar-refractivity contribution in [2.75, 3.05) is 0 Å².